The Hall–Kier alpha value is -1.56. The van der Waals surface area contributed by atoms with Gasteiger partial charge in [0, 0.05) is 0 Å². The van der Waals surface area contributed by atoms with Gasteiger partial charge in [-0.05, 0) is 0 Å². The van der Waals surface area contributed by atoms with Crippen LogP contribution in [0.25, 0.3) is 0 Å². The summed E-state index contributed by atoms with van der Waals surface area (Å²) in [5.41, 5.74) is 2.72. The first kappa shape index (κ1) is 7.55. The van der Waals surface area contributed by atoms with Gasteiger partial charge in [-0.15, -0.1) is 0 Å². The van der Waals surface area contributed by atoms with Crippen molar-refractivity contribution in [3.05, 3.63) is 22.2 Å². The Balaban J connectivity index is 2.93. The van der Waals surface area contributed by atoms with Crippen LogP contribution in [0.5, 0.6) is 0 Å². The predicted molar refractivity (Wildman–Crippen MR) is 30.0 cm³/mol. The highest BCUT2D eigenvalue weighted by Crippen LogP contribution is 2.01. The monoisotopic (exact) mass is 158 g/mol. The third-order valence-electron chi connectivity index (χ3n) is 1.17. The van der Waals surface area contributed by atoms with Gasteiger partial charge in [0.25, 0.3) is 5.56 Å². The molecule has 0 saturated heterocycles. The summed E-state index contributed by atoms with van der Waals surface area (Å²) in [6.45, 7) is 0. The molecular weight excluding hydrogens is 152 g/mol. The van der Waals surface area contributed by atoms with E-state index < -0.39 is 17.6 Å². The number of nitrogens with one attached hydrogen (secondary N) is 1. The molecule has 0 spiro atoms. The Bertz CT molecular complexity index is 312. The molecule has 0 fully saturated rings. The fourth-order valence-corrected chi connectivity index (χ4v) is 0.585. The highest BCUT2D eigenvalue weighted by Gasteiger charge is 2.15. The summed E-state index contributed by atoms with van der Waals surface area (Å²) in [7, 11) is 0. The zero-order valence-electron chi connectivity index (χ0n) is 5.49. The largest absolute Gasteiger partial charge is 0.544 e. The Kier molecular flexibility index (Phi) is 1.77. The second-order valence-electron chi connectivity index (χ2n) is 1.99. The number of aromatic nitrogens is 1. The van der Waals surface area contributed by atoms with Crippen molar-refractivity contribution < 1.29 is 20.2 Å². The second-order valence-corrected chi connectivity index (χ2v) is 1.99. The number of carbonyl (C=O) groups excluding carboxylic acids is 1. The molecule has 0 aromatic carbocycles. The topological polar surface area (TPSA) is 114 Å². The van der Waals surface area contributed by atoms with E-state index in [-0.39, 0.29) is 5.76 Å². The maximum atomic E-state index is 10.4. The molecular formula is C5H6N2O4. The number of carboxylic acid groups (broad SMARTS) is 1. The van der Waals surface area contributed by atoms with Crippen molar-refractivity contribution in [2.45, 2.75) is 6.04 Å². The standard InChI is InChI=1S/C5H6N2O4/c6-4(5(9)10)2-1-3(8)7-11-2/h1,4H,6H2,(H,7,8)(H,9,10)/t4-/m1/s1. The summed E-state index contributed by atoms with van der Waals surface area (Å²) >= 11 is 0. The molecule has 0 bridgehead atoms. The summed E-state index contributed by atoms with van der Waals surface area (Å²) < 4.78 is 4.47. The van der Waals surface area contributed by atoms with E-state index >= 15 is 0 Å². The lowest BCUT2D eigenvalue weighted by molar-refractivity contribution is -0.446. The van der Waals surface area contributed by atoms with Crippen molar-refractivity contribution in [1.82, 2.24) is 5.16 Å². The molecule has 0 unspecified atom stereocenters. The Morgan fingerprint density at radius 2 is 2.45 bits per heavy atom. The van der Waals surface area contributed by atoms with Crippen LogP contribution in [0.15, 0.2) is 15.4 Å². The van der Waals surface area contributed by atoms with Crippen LogP contribution in [0, 0.1) is 0 Å². The molecule has 6 heteroatoms. The highest BCUT2D eigenvalue weighted by molar-refractivity contribution is 5.70. The van der Waals surface area contributed by atoms with Gasteiger partial charge in [-0.2, -0.15) is 5.16 Å². The smallest absolute Gasteiger partial charge is 0.280 e. The lowest BCUT2D eigenvalue weighted by Gasteiger charge is -2.02. The van der Waals surface area contributed by atoms with Gasteiger partial charge in [0.2, 0.25) is 5.76 Å². The van der Waals surface area contributed by atoms with E-state index in [2.05, 4.69) is 10.3 Å². The van der Waals surface area contributed by atoms with Crippen LogP contribution in [0.4, 0.5) is 0 Å². The minimum absolute atomic E-state index is 0.0324. The Morgan fingerprint density at radius 1 is 1.82 bits per heavy atom. The molecule has 0 amide bonds. The van der Waals surface area contributed by atoms with Crippen molar-refractivity contribution in [2.75, 3.05) is 0 Å². The first-order valence-electron chi connectivity index (χ1n) is 2.83. The maximum absolute atomic E-state index is 10.4. The van der Waals surface area contributed by atoms with E-state index in [0.29, 0.717) is 0 Å². The van der Waals surface area contributed by atoms with E-state index in [0.717, 1.165) is 6.07 Å². The van der Waals surface area contributed by atoms with E-state index in [1.807, 2.05) is 5.16 Å². The van der Waals surface area contributed by atoms with Gasteiger partial charge in [0.05, 0.1) is 6.07 Å². The molecule has 0 aliphatic carbocycles. The van der Waals surface area contributed by atoms with Gasteiger partial charge in [0.1, 0.15) is 5.97 Å². The van der Waals surface area contributed by atoms with E-state index in [9.17, 15) is 14.7 Å². The second kappa shape index (κ2) is 2.59. The van der Waals surface area contributed by atoms with E-state index in [1.54, 1.807) is 0 Å². The SMILES string of the molecule is [NH3+][C@@H](C(=O)[O-])c1cc(=O)[nH]o1. The lowest BCUT2D eigenvalue weighted by Crippen LogP contribution is -2.60. The summed E-state index contributed by atoms with van der Waals surface area (Å²) in [6, 6.07) is -0.123. The lowest BCUT2D eigenvalue weighted by atomic mass is 10.2. The fraction of sp³-hybridized carbons (Fsp3) is 0.200. The Labute approximate surface area is 60.6 Å². The van der Waals surface area contributed by atoms with Crippen LogP contribution in [-0.2, 0) is 4.79 Å². The van der Waals surface area contributed by atoms with Crippen molar-refractivity contribution in [3.8, 4) is 0 Å². The minimum Gasteiger partial charge on any atom is -0.544 e. The minimum atomic E-state index is -1.38. The van der Waals surface area contributed by atoms with E-state index in [4.69, 9.17) is 0 Å². The molecule has 0 radical (unpaired) electrons. The molecule has 0 aliphatic heterocycles. The number of aliphatic carboxylic acids is 1. The quantitative estimate of drug-likeness (QED) is 0.477. The number of carbonyl (C=O) groups is 1. The van der Waals surface area contributed by atoms with Crippen molar-refractivity contribution >= 4 is 5.97 Å². The molecule has 60 valence electrons. The van der Waals surface area contributed by atoms with Gasteiger partial charge < -0.3 is 20.2 Å². The van der Waals surface area contributed by atoms with Crippen LogP contribution in [0.2, 0.25) is 0 Å². The number of H-pyrrole nitrogens is 1. The van der Waals surface area contributed by atoms with Crippen LogP contribution >= 0.6 is 0 Å². The predicted octanol–water partition coefficient (Wildman–Crippen LogP) is -3.00. The third-order valence-corrected chi connectivity index (χ3v) is 1.17. The number of quaternary nitrogens is 1. The molecule has 1 aromatic heterocycles. The average Bonchev–Trinajstić information content (AvgIpc) is 2.34. The number of aromatic amines is 1. The molecule has 11 heavy (non-hydrogen) atoms. The molecule has 1 heterocycles. The molecule has 6 nitrogen and oxygen atoms in total. The van der Waals surface area contributed by atoms with Gasteiger partial charge in [-0.25, -0.2) is 0 Å². The summed E-state index contributed by atoms with van der Waals surface area (Å²) in [5, 5.41) is 12.1. The highest BCUT2D eigenvalue weighted by atomic mass is 16.5. The Morgan fingerprint density at radius 3 is 2.82 bits per heavy atom. The average molecular weight is 158 g/mol. The maximum Gasteiger partial charge on any atom is 0.280 e. The van der Waals surface area contributed by atoms with Crippen LogP contribution in [0.1, 0.15) is 11.8 Å². The molecule has 0 saturated carbocycles. The summed E-state index contributed by atoms with van der Waals surface area (Å²) in [5.74, 6) is -1.41. The number of hydrogen-bond donors (Lipinski definition) is 2. The zero-order valence-corrected chi connectivity index (χ0v) is 5.49. The first-order chi connectivity index (χ1) is 5.11. The normalized spacial score (nSPS) is 12.8. The van der Waals surface area contributed by atoms with Crippen molar-refractivity contribution in [2.24, 2.45) is 0 Å². The van der Waals surface area contributed by atoms with E-state index in [1.165, 1.54) is 0 Å². The third kappa shape index (κ3) is 1.47. The number of hydrogen-bond acceptors (Lipinski definition) is 4. The molecule has 1 atom stereocenters. The molecule has 0 aliphatic rings. The summed E-state index contributed by atoms with van der Waals surface area (Å²) in [4.78, 5) is 20.6. The van der Waals surface area contributed by atoms with Crippen LogP contribution in [0.3, 0.4) is 0 Å². The van der Waals surface area contributed by atoms with Gasteiger partial charge in [0.15, 0.2) is 6.04 Å². The number of carboxylic acids is 1. The molecule has 1 aromatic rings. The molecule has 1 rings (SSSR count). The summed E-state index contributed by atoms with van der Waals surface area (Å²) in [6.07, 6.45) is 0. The van der Waals surface area contributed by atoms with Crippen LogP contribution in [-0.4, -0.2) is 11.1 Å². The van der Waals surface area contributed by atoms with Gasteiger partial charge in [-0.3, -0.25) is 4.79 Å². The van der Waals surface area contributed by atoms with Crippen molar-refractivity contribution in [1.29, 1.82) is 0 Å². The van der Waals surface area contributed by atoms with Crippen LogP contribution < -0.4 is 16.4 Å². The molecule has 4 N–H and O–H groups in total. The van der Waals surface area contributed by atoms with Gasteiger partial charge in [-0.1, -0.05) is 0 Å². The fourth-order valence-electron chi connectivity index (χ4n) is 0.585. The number of rotatable bonds is 2. The first-order valence-corrected chi connectivity index (χ1v) is 2.83. The van der Waals surface area contributed by atoms with Gasteiger partial charge >= 0.3 is 0 Å². The van der Waals surface area contributed by atoms with Crippen molar-refractivity contribution in [3.63, 3.8) is 0 Å². The zero-order chi connectivity index (χ0) is 8.43.